The number of rotatable bonds is 14. The van der Waals surface area contributed by atoms with E-state index in [1.807, 2.05) is 43.3 Å². The molecule has 0 spiro atoms. The average molecular weight is 547 g/mol. The van der Waals surface area contributed by atoms with Gasteiger partial charge in [0.2, 0.25) is 17.7 Å². The smallest absolute Gasteiger partial charge is 0.245 e. The molecule has 9 heteroatoms. The van der Waals surface area contributed by atoms with Gasteiger partial charge in [-0.3, -0.25) is 14.4 Å². The fourth-order valence-corrected chi connectivity index (χ4v) is 4.11. The van der Waals surface area contributed by atoms with Gasteiger partial charge in [0.05, 0.1) is 6.61 Å². The lowest BCUT2D eigenvalue weighted by Crippen LogP contribution is -2.56. The Morgan fingerprint density at radius 2 is 1.45 bits per heavy atom. The van der Waals surface area contributed by atoms with Gasteiger partial charge in [0.15, 0.2) is 0 Å². The van der Waals surface area contributed by atoms with Crippen molar-refractivity contribution in [3.8, 4) is 5.75 Å². The lowest BCUT2D eigenvalue weighted by molar-refractivity contribution is -0.134. The van der Waals surface area contributed by atoms with Crippen LogP contribution in [0, 0.1) is 0 Å². The maximum absolute atomic E-state index is 13.5. The third-order valence-corrected chi connectivity index (χ3v) is 6.41. The summed E-state index contributed by atoms with van der Waals surface area (Å²) in [6.07, 6.45) is -0.947. The Balaban J connectivity index is 1.80. The van der Waals surface area contributed by atoms with E-state index in [-0.39, 0.29) is 25.3 Å². The molecule has 0 fully saturated rings. The van der Waals surface area contributed by atoms with Gasteiger partial charge < -0.3 is 31.5 Å². The van der Waals surface area contributed by atoms with Crippen LogP contribution in [0.4, 0.5) is 0 Å². The number of carbonyl (C=O) groups excluding carboxylic acids is 3. The van der Waals surface area contributed by atoms with Crippen LogP contribution in [-0.2, 0) is 33.9 Å². The van der Waals surface area contributed by atoms with E-state index in [2.05, 4.69) is 16.0 Å². The summed E-state index contributed by atoms with van der Waals surface area (Å²) in [6.45, 7) is 4.72. The van der Waals surface area contributed by atoms with E-state index in [1.54, 1.807) is 49.4 Å². The van der Waals surface area contributed by atoms with Crippen LogP contribution in [0.5, 0.6) is 5.75 Å². The highest BCUT2D eigenvalue weighted by Gasteiger charge is 2.32. The van der Waals surface area contributed by atoms with Gasteiger partial charge in [0.25, 0.3) is 0 Å². The molecule has 0 aromatic heterocycles. The number of hydrogen-bond donors (Lipinski definition) is 5. The molecule has 0 aliphatic heterocycles. The molecule has 212 valence electrons. The molecule has 1 unspecified atom stereocenters. The highest BCUT2D eigenvalue weighted by molar-refractivity contribution is 5.92. The van der Waals surface area contributed by atoms with E-state index in [0.29, 0.717) is 24.5 Å². The number of ether oxygens (including phenoxy) is 1. The highest BCUT2D eigenvalue weighted by Crippen LogP contribution is 2.18. The van der Waals surface area contributed by atoms with Crippen LogP contribution in [0.15, 0.2) is 78.9 Å². The Morgan fingerprint density at radius 1 is 0.825 bits per heavy atom. The summed E-state index contributed by atoms with van der Waals surface area (Å²) >= 11 is 0. The number of nitrogens with two attached hydrogens (primary N) is 1. The second-order valence-corrected chi connectivity index (χ2v) is 9.33. The van der Waals surface area contributed by atoms with Gasteiger partial charge in [0, 0.05) is 25.9 Å². The molecule has 3 atom stereocenters. The minimum absolute atomic E-state index is 0.187. The van der Waals surface area contributed by atoms with E-state index < -0.39 is 30.0 Å². The van der Waals surface area contributed by atoms with Crippen molar-refractivity contribution < 1.29 is 24.2 Å². The van der Waals surface area contributed by atoms with E-state index in [9.17, 15) is 19.5 Å². The number of nitrogens with one attached hydrogen (secondary N) is 3. The van der Waals surface area contributed by atoms with Gasteiger partial charge in [-0.05, 0) is 41.3 Å². The first kappa shape index (κ1) is 30.3. The molecule has 0 saturated carbocycles. The Bertz CT molecular complexity index is 1230. The molecule has 0 saturated heterocycles. The van der Waals surface area contributed by atoms with Crippen LogP contribution < -0.4 is 26.4 Å². The fourth-order valence-electron chi connectivity index (χ4n) is 4.11. The second kappa shape index (κ2) is 15.4. The van der Waals surface area contributed by atoms with Gasteiger partial charge >= 0.3 is 0 Å². The summed E-state index contributed by atoms with van der Waals surface area (Å²) in [5.41, 5.74) is 8.73. The molecular formula is C31H38N4O5. The van der Waals surface area contributed by atoms with Gasteiger partial charge in [-0.2, -0.15) is 0 Å². The van der Waals surface area contributed by atoms with Crippen molar-refractivity contribution in [2.45, 2.75) is 58.0 Å². The van der Waals surface area contributed by atoms with Crippen molar-refractivity contribution in [1.29, 1.82) is 0 Å². The topological polar surface area (TPSA) is 143 Å². The van der Waals surface area contributed by atoms with Crippen molar-refractivity contribution in [2.24, 2.45) is 5.73 Å². The molecule has 0 aliphatic carbocycles. The summed E-state index contributed by atoms with van der Waals surface area (Å²) in [7, 11) is 0. The lowest BCUT2D eigenvalue weighted by Gasteiger charge is -2.27. The van der Waals surface area contributed by atoms with Crippen molar-refractivity contribution >= 4 is 17.7 Å². The first-order valence-corrected chi connectivity index (χ1v) is 13.4. The summed E-state index contributed by atoms with van der Waals surface area (Å²) in [5, 5.41) is 19.4. The SMILES string of the molecule is CCOc1ccc(CC(NC(=O)CC)C(=O)N[C@@H](C(=O)NCc2ccc(CN)cc2)[C@@H](O)c2ccccc2)cc1. The zero-order valence-electron chi connectivity index (χ0n) is 22.9. The third-order valence-electron chi connectivity index (χ3n) is 6.41. The maximum Gasteiger partial charge on any atom is 0.245 e. The number of hydrogen-bond acceptors (Lipinski definition) is 6. The Hall–Kier alpha value is -4.21. The number of aliphatic hydroxyl groups excluding tert-OH is 1. The van der Waals surface area contributed by atoms with Crippen LogP contribution >= 0.6 is 0 Å². The summed E-state index contributed by atoms with van der Waals surface area (Å²) in [5.74, 6) is -0.755. The molecule has 0 bridgehead atoms. The molecule has 9 nitrogen and oxygen atoms in total. The van der Waals surface area contributed by atoms with Crippen molar-refractivity contribution in [3.63, 3.8) is 0 Å². The van der Waals surface area contributed by atoms with Crippen LogP contribution in [0.1, 0.15) is 48.6 Å². The Kier molecular flexibility index (Phi) is 11.7. The van der Waals surface area contributed by atoms with Gasteiger partial charge in [-0.1, -0.05) is 73.7 Å². The largest absolute Gasteiger partial charge is 0.494 e. The second-order valence-electron chi connectivity index (χ2n) is 9.33. The molecule has 40 heavy (non-hydrogen) atoms. The van der Waals surface area contributed by atoms with Gasteiger partial charge in [-0.15, -0.1) is 0 Å². The van der Waals surface area contributed by atoms with Crippen molar-refractivity contribution in [3.05, 3.63) is 101 Å². The fraction of sp³-hybridized carbons (Fsp3) is 0.323. The molecule has 0 heterocycles. The van der Waals surface area contributed by atoms with Crippen molar-refractivity contribution in [1.82, 2.24) is 16.0 Å². The first-order valence-electron chi connectivity index (χ1n) is 13.4. The minimum Gasteiger partial charge on any atom is -0.494 e. The van der Waals surface area contributed by atoms with E-state index in [0.717, 1.165) is 16.7 Å². The maximum atomic E-state index is 13.5. The molecule has 3 amide bonds. The molecule has 3 rings (SSSR count). The molecular weight excluding hydrogens is 508 g/mol. The summed E-state index contributed by atoms with van der Waals surface area (Å²) < 4.78 is 5.48. The quantitative estimate of drug-likeness (QED) is 0.210. The zero-order chi connectivity index (χ0) is 28.9. The number of carbonyl (C=O) groups is 3. The molecule has 6 N–H and O–H groups in total. The molecule has 0 aliphatic rings. The number of aliphatic hydroxyl groups is 1. The average Bonchev–Trinajstić information content (AvgIpc) is 2.99. The summed E-state index contributed by atoms with van der Waals surface area (Å²) in [4.78, 5) is 39.1. The predicted octanol–water partition coefficient (Wildman–Crippen LogP) is 2.52. The number of benzene rings is 3. The Morgan fingerprint density at radius 3 is 2.05 bits per heavy atom. The Labute approximate surface area is 235 Å². The standard InChI is InChI=1S/C31H38N4O5/c1-3-27(36)34-26(18-21-14-16-25(17-15-21)40-4-2)30(38)35-28(29(37)24-8-6-5-7-9-24)31(39)33-20-23-12-10-22(19-32)11-13-23/h5-17,26,28-29,37H,3-4,18-20,32H2,1-2H3,(H,33,39)(H,34,36)(H,35,38)/t26?,28-,29+/m1/s1. The lowest BCUT2D eigenvalue weighted by atomic mass is 9.99. The van der Waals surface area contributed by atoms with Gasteiger partial charge in [-0.25, -0.2) is 0 Å². The van der Waals surface area contributed by atoms with Crippen LogP contribution in [0.25, 0.3) is 0 Å². The number of amides is 3. The van der Waals surface area contributed by atoms with E-state index >= 15 is 0 Å². The van der Waals surface area contributed by atoms with E-state index in [1.165, 1.54) is 0 Å². The van der Waals surface area contributed by atoms with Crippen molar-refractivity contribution in [2.75, 3.05) is 6.61 Å². The van der Waals surface area contributed by atoms with E-state index in [4.69, 9.17) is 10.5 Å². The first-order chi connectivity index (χ1) is 19.3. The van der Waals surface area contributed by atoms with Gasteiger partial charge in [0.1, 0.15) is 23.9 Å². The monoisotopic (exact) mass is 546 g/mol. The zero-order valence-corrected chi connectivity index (χ0v) is 22.9. The highest BCUT2D eigenvalue weighted by atomic mass is 16.5. The molecule has 3 aromatic rings. The molecule has 0 radical (unpaired) electrons. The molecule has 3 aromatic carbocycles. The normalized spacial score (nSPS) is 13.0. The minimum atomic E-state index is -1.32. The summed E-state index contributed by atoms with van der Waals surface area (Å²) in [6, 6.07) is 21.1. The predicted molar refractivity (Wildman–Crippen MR) is 153 cm³/mol. The van der Waals surface area contributed by atoms with Crippen LogP contribution in [0.3, 0.4) is 0 Å². The van der Waals surface area contributed by atoms with Crippen LogP contribution in [0.2, 0.25) is 0 Å². The third kappa shape index (κ3) is 8.93. The van der Waals surface area contributed by atoms with Crippen LogP contribution in [-0.4, -0.2) is 41.5 Å².